The standard InChI is InChI=1S/C16H24FN/c1-12-5-3-6-14(9-12)11-18-13(2)15-7-4-8-16(17)10-15/h4,7-8,10,12-14,18H,3,5-6,9,11H2,1-2H3/t12?,13-,14?/m0/s1. The third-order valence-electron chi connectivity index (χ3n) is 4.11. The molecule has 3 atom stereocenters. The van der Waals surface area contributed by atoms with Crippen molar-refractivity contribution >= 4 is 0 Å². The molecule has 18 heavy (non-hydrogen) atoms. The van der Waals surface area contributed by atoms with E-state index in [0.717, 1.165) is 23.9 Å². The maximum atomic E-state index is 13.1. The minimum Gasteiger partial charge on any atom is -0.310 e. The van der Waals surface area contributed by atoms with Gasteiger partial charge in [0.2, 0.25) is 0 Å². The van der Waals surface area contributed by atoms with Crippen LogP contribution in [0.1, 0.15) is 51.1 Å². The van der Waals surface area contributed by atoms with Crippen LogP contribution in [-0.4, -0.2) is 6.54 Å². The Balaban J connectivity index is 1.82. The quantitative estimate of drug-likeness (QED) is 0.838. The lowest BCUT2D eigenvalue weighted by Gasteiger charge is -2.28. The average Bonchev–Trinajstić information content (AvgIpc) is 2.36. The van der Waals surface area contributed by atoms with Crippen LogP contribution in [-0.2, 0) is 0 Å². The Labute approximate surface area is 110 Å². The van der Waals surface area contributed by atoms with Gasteiger partial charge in [-0.15, -0.1) is 0 Å². The van der Waals surface area contributed by atoms with Gasteiger partial charge in [-0.05, 0) is 55.8 Å². The van der Waals surface area contributed by atoms with Crippen LogP contribution in [0.4, 0.5) is 4.39 Å². The molecule has 1 fully saturated rings. The largest absolute Gasteiger partial charge is 0.310 e. The summed E-state index contributed by atoms with van der Waals surface area (Å²) in [7, 11) is 0. The van der Waals surface area contributed by atoms with Gasteiger partial charge in [-0.2, -0.15) is 0 Å². The highest BCUT2D eigenvalue weighted by atomic mass is 19.1. The number of rotatable bonds is 4. The maximum absolute atomic E-state index is 13.1. The predicted molar refractivity (Wildman–Crippen MR) is 73.9 cm³/mol. The first-order chi connectivity index (χ1) is 8.65. The molecule has 1 N–H and O–H groups in total. The van der Waals surface area contributed by atoms with Gasteiger partial charge in [-0.25, -0.2) is 4.39 Å². The van der Waals surface area contributed by atoms with E-state index in [1.165, 1.54) is 31.7 Å². The molecule has 1 aromatic rings. The monoisotopic (exact) mass is 249 g/mol. The van der Waals surface area contributed by atoms with E-state index in [4.69, 9.17) is 0 Å². The van der Waals surface area contributed by atoms with Gasteiger partial charge in [-0.3, -0.25) is 0 Å². The normalized spacial score (nSPS) is 25.9. The van der Waals surface area contributed by atoms with Crippen LogP contribution >= 0.6 is 0 Å². The number of halogens is 1. The summed E-state index contributed by atoms with van der Waals surface area (Å²) in [4.78, 5) is 0. The highest BCUT2D eigenvalue weighted by Crippen LogP contribution is 2.28. The molecule has 0 bridgehead atoms. The number of nitrogens with one attached hydrogen (secondary N) is 1. The Hall–Kier alpha value is -0.890. The average molecular weight is 249 g/mol. The molecular formula is C16H24FN. The van der Waals surface area contributed by atoms with Gasteiger partial charge in [0.25, 0.3) is 0 Å². The third kappa shape index (κ3) is 3.81. The summed E-state index contributed by atoms with van der Waals surface area (Å²) >= 11 is 0. The molecule has 0 spiro atoms. The summed E-state index contributed by atoms with van der Waals surface area (Å²) in [6.45, 7) is 5.52. The van der Waals surface area contributed by atoms with E-state index in [1.807, 2.05) is 6.07 Å². The molecule has 0 radical (unpaired) electrons. The number of hydrogen-bond acceptors (Lipinski definition) is 1. The van der Waals surface area contributed by atoms with Gasteiger partial charge < -0.3 is 5.32 Å². The van der Waals surface area contributed by atoms with Crippen LogP contribution in [0.15, 0.2) is 24.3 Å². The number of hydrogen-bond donors (Lipinski definition) is 1. The lowest BCUT2D eigenvalue weighted by molar-refractivity contribution is 0.268. The lowest BCUT2D eigenvalue weighted by atomic mass is 9.82. The van der Waals surface area contributed by atoms with Gasteiger partial charge in [0.1, 0.15) is 5.82 Å². The van der Waals surface area contributed by atoms with Crippen LogP contribution in [0.3, 0.4) is 0 Å². The molecule has 0 aliphatic heterocycles. The molecule has 1 aromatic carbocycles. The van der Waals surface area contributed by atoms with Crippen molar-refractivity contribution in [2.24, 2.45) is 11.8 Å². The molecule has 1 nitrogen and oxygen atoms in total. The SMILES string of the molecule is CC1CCCC(CN[C@@H](C)c2cccc(F)c2)C1. The Morgan fingerprint density at radius 2 is 2.22 bits per heavy atom. The third-order valence-corrected chi connectivity index (χ3v) is 4.11. The first kappa shape index (κ1) is 13.5. The molecule has 0 amide bonds. The summed E-state index contributed by atoms with van der Waals surface area (Å²) < 4.78 is 13.1. The van der Waals surface area contributed by atoms with Crippen molar-refractivity contribution in [3.63, 3.8) is 0 Å². The molecule has 0 saturated heterocycles. The first-order valence-electron chi connectivity index (χ1n) is 7.14. The van der Waals surface area contributed by atoms with E-state index in [2.05, 4.69) is 19.2 Å². The van der Waals surface area contributed by atoms with Crippen molar-refractivity contribution in [2.45, 2.75) is 45.6 Å². The van der Waals surface area contributed by atoms with Crippen LogP contribution in [0.25, 0.3) is 0 Å². The second-order valence-electron chi connectivity index (χ2n) is 5.82. The zero-order valence-corrected chi connectivity index (χ0v) is 11.5. The van der Waals surface area contributed by atoms with Gasteiger partial charge in [-0.1, -0.05) is 31.9 Å². The highest BCUT2D eigenvalue weighted by Gasteiger charge is 2.19. The molecule has 1 saturated carbocycles. The Bertz CT molecular complexity index is 377. The molecule has 100 valence electrons. The van der Waals surface area contributed by atoms with Crippen LogP contribution in [0.2, 0.25) is 0 Å². The first-order valence-corrected chi connectivity index (χ1v) is 7.14. The Morgan fingerprint density at radius 1 is 1.39 bits per heavy atom. The van der Waals surface area contributed by atoms with Crippen LogP contribution in [0, 0.1) is 17.7 Å². The zero-order chi connectivity index (χ0) is 13.0. The van der Waals surface area contributed by atoms with Crippen molar-refractivity contribution in [1.82, 2.24) is 5.32 Å². The second kappa shape index (κ2) is 6.33. The van der Waals surface area contributed by atoms with Crippen molar-refractivity contribution in [3.05, 3.63) is 35.6 Å². The van der Waals surface area contributed by atoms with Crippen LogP contribution < -0.4 is 5.32 Å². The minimum absolute atomic E-state index is 0.146. The van der Waals surface area contributed by atoms with Gasteiger partial charge in [0, 0.05) is 6.04 Å². The van der Waals surface area contributed by atoms with Crippen molar-refractivity contribution in [2.75, 3.05) is 6.54 Å². The Kier molecular flexibility index (Phi) is 4.76. The highest BCUT2D eigenvalue weighted by molar-refractivity contribution is 5.19. The molecule has 0 heterocycles. The zero-order valence-electron chi connectivity index (χ0n) is 11.5. The van der Waals surface area contributed by atoms with E-state index in [9.17, 15) is 4.39 Å². The van der Waals surface area contributed by atoms with Crippen molar-refractivity contribution in [3.8, 4) is 0 Å². The maximum Gasteiger partial charge on any atom is 0.123 e. The summed E-state index contributed by atoms with van der Waals surface area (Å²) in [5, 5.41) is 3.55. The van der Waals surface area contributed by atoms with E-state index < -0.39 is 0 Å². The van der Waals surface area contributed by atoms with E-state index in [-0.39, 0.29) is 11.9 Å². The fraction of sp³-hybridized carbons (Fsp3) is 0.625. The summed E-state index contributed by atoms with van der Waals surface area (Å²) in [6.07, 6.45) is 5.42. The van der Waals surface area contributed by atoms with E-state index in [1.54, 1.807) is 12.1 Å². The van der Waals surface area contributed by atoms with Crippen molar-refractivity contribution in [1.29, 1.82) is 0 Å². The topological polar surface area (TPSA) is 12.0 Å². The molecular weight excluding hydrogens is 225 g/mol. The smallest absolute Gasteiger partial charge is 0.123 e. The lowest BCUT2D eigenvalue weighted by Crippen LogP contribution is -2.28. The fourth-order valence-corrected chi connectivity index (χ4v) is 2.98. The minimum atomic E-state index is -0.146. The van der Waals surface area contributed by atoms with Crippen molar-refractivity contribution < 1.29 is 4.39 Å². The fourth-order valence-electron chi connectivity index (χ4n) is 2.98. The number of benzene rings is 1. The summed E-state index contributed by atoms with van der Waals surface area (Å²) in [6, 6.07) is 7.13. The molecule has 2 heteroatoms. The molecule has 1 aliphatic carbocycles. The molecule has 1 aliphatic rings. The summed E-state index contributed by atoms with van der Waals surface area (Å²) in [5.41, 5.74) is 1.04. The summed E-state index contributed by atoms with van der Waals surface area (Å²) in [5.74, 6) is 1.52. The molecule has 2 rings (SSSR count). The van der Waals surface area contributed by atoms with Gasteiger partial charge in [0.05, 0.1) is 0 Å². The molecule has 0 aromatic heterocycles. The predicted octanol–water partition coefficient (Wildman–Crippen LogP) is 4.30. The second-order valence-corrected chi connectivity index (χ2v) is 5.82. The molecule has 2 unspecified atom stereocenters. The Morgan fingerprint density at radius 3 is 2.94 bits per heavy atom. The van der Waals surface area contributed by atoms with Gasteiger partial charge in [0.15, 0.2) is 0 Å². The van der Waals surface area contributed by atoms with E-state index in [0.29, 0.717) is 0 Å². The van der Waals surface area contributed by atoms with E-state index >= 15 is 0 Å². The van der Waals surface area contributed by atoms with Gasteiger partial charge >= 0.3 is 0 Å². The van der Waals surface area contributed by atoms with Crippen LogP contribution in [0.5, 0.6) is 0 Å².